The summed E-state index contributed by atoms with van der Waals surface area (Å²) in [5.74, 6) is 1.81. The van der Waals surface area contributed by atoms with Crippen LogP contribution in [-0.4, -0.2) is 67.7 Å². The van der Waals surface area contributed by atoms with Crippen molar-refractivity contribution in [2.24, 2.45) is 5.73 Å². The second-order valence-electron chi connectivity index (χ2n) is 7.14. The second kappa shape index (κ2) is 9.32. The Kier molecular flexibility index (Phi) is 6.84. The third-order valence-electron chi connectivity index (χ3n) is 5.22. The third kappa shape index (κ3) is 5.29. The molecular weight excluding hydrogens is 364 g/mol. The molecule has 0 aromatic heterocycles. The maximum atomic E-state index is 12.8. The monoisotopic (exact) mass is 393 g/mol. The number of piperazine rings is 1. The molecule has 3 rings (SSSR count). The molecule has 27 heavy (non-hydrogen) atoms. The number of nitrogens with zero attached hydrogens (tertiary/aromatic N) is 1. The van der Waals surface area contributed by atoms with Gasteiger partial charge < -0.3 is 25.6 Å². The number of thioether (sulfide) groups is 1. The highest BCUT2D eigenvalue weighted by atomic mass is 32.2. The van der Waals surface area contributed by atoms with Crippen LogP contribution in [0, 0.1) is 0 Å². The summed E-state index contributed by atoms with van der Waals surface area (Å²) in [5.41, 5.74) is 7.86. The van der Waals surface area contributed by atoms with E-state index in [0.717, 1.165) is 44.2 Å². The lowest BCUT2D eigenvalue weighted by molar-refractivity contribution is -0.917. The third-order valence-corrected chi connectivity index (χ3v) is 5.86. The Bertz CT molecular complexity index is 677. The number of hydrogen-bond acceptors (Lipinski definition) is 4. The SMILES string of the molecule is CSCC[C@@H](NC(N)=O)C(=O)N1CC[NH+](Cc2ccc3c(c2)CCO3)CC1. The average molecular weight is 394 g/mol. The highest BCUT2D eigenvalue weighted by Crippen LogP contribution is 2.25. The number of ether oxygens (including phenoxy) is 1. The molecule has 2 aliphatic rings. The Morgan fingerprint density at radius 2 is 2.15 bits per heavy atom. The summed E-state index contributed by atoms with van der Waals surface area (Å²) in [5, 5.41) is 2.60. The van der Waals surface area contributed by atoms with Gasteiger partial charge in [0.15, 0.2) is 0 Å². The zero-order chi connectivity index (χ0) is 19.2. The minimum atomic E-state index is -0.640. The van der Waals surface area contributed by atoms with Gasteiger partial charge in [0.2, 0.25) is 5.91 Å². The lowest BCUT2D eigenvalue weighted by Gasteiger charge is -2.34. The van der Waals surface area contributed by atoms with Crippen molar-refractivity contribution in [2.45, 2.75) is 25.4 Å². The summed E-state index contributed by atoms with van der Waals surface area (Å²) in [6.45, 7) is 4.97. The molecule has 148 valence electrons. The predicted molar refractivity (Wildman–Crippen MR) is 106 cm³/mol. The molecule has 2 aliphatic heterocycles. The summed E-state index contributed by atoms with van der Waals surface area (Å²) >= 11 is 1.66. The van der Waals surface area contributed by atoms with Gasteiger partial charge in [0.1, 0.15) is 18.3 Å². The molecule has 3 amide bonds. The molecule has 8 heteroatoms. The summed E-state index contributed by atoms with van der Waals surface area (Å²) < 4.78 is 5.57. The van der Waals surface area contributed by atoms with Crippen LogP contribution in [-0.2, 0) is 17.8 Å². The molecule has 2 heterocycles. The smallest absolute Gasteiger partial charge is 0.312 e. The molecule has 0 spiro atoms. The van der Waals surface area contributed by atoms with E-state index >= 15 is 0 Å². The van der Waals surface area contributed by atoms with Crippen LogP contribution >= 0.6 is 11.8 Å². The van der Waals surface area contributed by atoms with E-state index in [1.165, 1.54) is 16.0 Å². The van der Waals surface area contributed by atoms with E-state index in [-0.39, 0.29) is 5.91 Å². The van der Waals surface area contributed by atoms with Gasteiger partial charge in [-0.15, -0.1) is 0 Å². The van der Waals surface area contributed by atoms with Crippen molar-refractivity contribution < 1.29 is 19.2 Å². The van der Waals surface area contributed by atoms with Crippen molar-refractivity contribution in [2.75, 3.05) is 44.8 Å². The molecule has 1 aromatic carbocycles. The molecule has 0 saturated carbocycles. The molecule has 1 fully saturated rings. The van der Waals surface area contributed by atoms with Crippen LogP contribution in [0.1, 0.15) is 17.5 Å². The number of urea groups is 1. The lowest BCUT2D eigenvalue weighted by Crippen LogP contribution is -3.13. The number of hydrogen-bond donors (Lipinski definition) is 3. The Hall–Kier alpha value is -1.93. The average Bonchev–Trinajstić information content (AvgIpc) is 3.13. The van der Waals surface area contributed by atoms with Gasteiger partial charge in [-0.3, -0.25) is 4.79 Å². The minimum absolute atomic E-state index is 0.0171. The molecule has 1 aromatic rings. The number of fused-ring (bicyclic) bond motifs is 1. The topological polar surface area (TPSA) is 89.1 Å². The number of rotatable bonds is 7. The van der Waals surface area contributed by atoms with Gasteiger partial charge in [0.25, 0.3) is 0 Å². The molecule has 4 N–H and O–H groups in total. The molecule has 0 bridgehead atoms. The molecule has 0 unspecified atom stereocenters. The van der Waals surface area contributed by atoms with Crippen LogP contribution in [0.15, 0.2) is 18.2 Å². The van der Waals surface area contributed by atoms with E-state index in [2.05, 4.69) is 23.5 Å². The first kappa shape index (κ1) is 19.8. The van der Waals surface area contributed by atoms with Crippen molar-refractivity contribution in [3.05, 3.63) is 29.3 Å². The fourth-order valence-corrected chi connectivity index (χ4v) is 4.22. The van der Waals surface area contributed by atoms with Crippen LogP contribution in [0.5, 0.6) is 5.75 Å². The highest BCUT2D eigenvalue weighted by Gasteiger charge is 2.29. The fraction of sp³-hybridized carbons (Fsp3) is 0.579. The number of benzene rings is 1. The minimum Gasteiger partial charge on any atom is -0.493 e. The molecule has 1 saturated heterocycles. The first-order chi connectivity index (χ1) is 13.1. The van der Waals surface area contributed by atoms with Gasteiger partial charge in [-0.05, 0) is 42.2 Å². The zero-order valence-electron chi connectivity index (χ0n) is 15.8. The Morgan fingerprint density at radius 1 is 1.37 bits per heavy atom. The Balaban J connectivity index is 1.51. The number of carbonyl (C=O) groups is 2. The largest absolute Gasteiger partial charge is 0.493 e. The van der Waals surface area contributed by atoms with Crippen LogP contribution in [0.4, 0.5) is 4.79 Å². The standard InChI is InChI=1S/C19H28N4O3S/c1-27-11-5-16(21-19(20)25)18(24)23-8-6-22(7-9-23)13-14-2-3-17-15(12-14)4-10-26-17/h2-3,12,16H,4-11,13H2,1H3,(H3,20,21,25)/p+1/t16-/m1/s1. The summed E-state index contributed by atoms with van der Waals surface area (Å²) in [7, 11) is 0. The second-order valence-corrected chi connectivity index (χ2v) is 8.12. The molecule has 7 nitrogen and oxygen atoms in total. The Morgan fingerprint density at radius 3 is 2.85 bits per heavy atom. The zero-order valence-corrected chi connectivity index (χ0v) is 16.6. The highest BCUT2D eigenvalue weighted by molar-refractivity contribution is 7.98. The normalized spacial score (nSPS) is 17.9. The molecule has 0 radical (unpaired) electrons. The first-order valence-corrected chi connectivity index (χ1v) is 10.9. The van der Waals surface area contributed by atoms with Gasteiger partial charge in [-0.1, -0.05) is 0 Å². The lowest BCUT2D eigenvalue weighted by atomic mass is 10.1. The number of carbonyl (C=O) groups excluding carboxylic acids is 2. The van der Waals surface area contributed by atoms with E-state index in [9.17, 15) is 9.59 Å². The van der Waals surface area contributed by atoms with Crippen LogP contribution in [0.3, 0.4) is 0 Å². The Labute approximate surface area is 164 Å². The predicted octanol–water partition coefficient (Wildman–Crippen LogP) is -0.361. The van der Waals surface area contributed by atoms with Gasteiger partial charge in [0, 0.05) is 12.0 Å². The quantitative estimate of drug-likeness (QED) is 0.590. The van der Waals surface area contributed by atoms with Gasteiger partial charge in [-0.2, -0.15) is 11.8 Å². The molecule has 1 atom stereocenters. The van der Waals surface area contributed by atoms with Crippen LogP contribution in [0.2, 0.25) is 0 Å². The molecule has 0 aliphatic carbocycles. The summed E-state index contributed by atoms with van der Waals surface area (Å²) in [6.07, 6.45) is 3.58. The number of nitrogens with two attached hydrogens (primary N) is 1. The molecular formula is C19H29N4O3S+. The van der Waals surface area contributed by atoms with E-state index in [0.29, 0.717) is 19.5 Å². The number of nitrogens with one attached hydrogen (secondary N) is 2. The summed E-state index contributed by atoms with van der Waals surface area (Å²) in [4.78, 5) is 27.3. The summed E-state index contributed by atoms with van der Waals surface area (Å²) in [6, 6.07) is 5.31. The first-order valence-electron chi connectivity index (χ1n) is 9.48. The van der Waals surface area contributed by atoms with Gasteiger partial charge >= 0.3 is 6.03 Å². The number of amides is 3. The maximum absolute atomic E-state index is 12.8. The number of quaternary nitrogens is 1. The van der Waals surface area contributed by atoms with Gasteiger partial charge in [0.05, 0.1) is 32.8 Å². The van der Waals surface area contributed by atoms with Gasteiger partial charge in [-0.25, -0.2) is 4.79 Å². The maximum Gasteiger partial charge on any atom is 0.312 e. The van der Waals surface area contributed by atoms with E-state index in [1.807, 2.05) is 11.2 Å². The number of primary amides is 1. The van der Waals surface area contributed by atoms with Crippen molar-refractivity contribution >= 4 is 23.7 Å². The van der Waals surface area contributed by atoms with Crippen molar-refractivity contribution in [1.29, 1.82) is 0 Å². The van der Waals surface area contributed by atoms with E-state index in [4.69, 9.17) is 10.5 Å². The van der Waals surface area contributed by atoms with Crippen molar-refractivity contribution in [3.8, 4) is 5.75 Å². The van der Waals surface area contributed by atoms with Crippen molar-refractivity contribution in [3.63, 3.8) is 0 Å². The van der Waals surface area contributed by atoms with E-state index < -0.39 is 12.1 Å². The van der Waals surface area contributed by atoms with Crippen LogP contribution in [0.25, 0.3) is 0 Å². The van der Waals surface area contributed by atoms with E-state index in [1.54, 1.807) is 11.8 Å². The van der Waals surface area contributed by atoms with Crippen LogP contribution < -0.4 is 20.7 Å². The van der Waals surface area contributed by atoms with Crippen molar-refractivity contribution in [1.82, 2.24) is 10.2 Å². The fourth-order valence-electron chi connectivity index (χ4n) is 3.74.